The molecule has 0 N–H and O–H groups in total. The van der Waals surface area contributed by atoms with E-state index < -0.39 is 17.2 Å². The smallest absolute Gasteiger partial charge is 0.314 e. The molecule has 0 aromatic heterocycles. The monoisotopic (exact) mass is 251 g/mol. The molecule has 1 rings (SSSR count). The van der Waals surface area contributed by atoms with Crippen LogP contribution in [-0.4, -0.2) is 19.7 Å². The summed E-state index contributed by atoms with van der Waals surface area (Å²) in [6, 6.07) is 5.64. The van der Waals surface area contributed by atoms with Gasteiger partial charge in [-0.2, -0.15) is 5.26 Å². The normalized spacial score (nSPS) is 10.6. The molecule has 0 aliphatic heterocycles. The predicted molar refractivity (Wildman–Crippen MR) is 62.4 cm³/mol. The molecule has 0 aliphatic carbocycles. The predicted octanol–water partition coefficient (Wildman–Crippen LogP) is 2.28. The fraction of sp³-hybridized carbons (Fsp3) is 0.385. The molecule has 0 aliphatic rings. The third-order valence-electron chi connectivity index (χ3n) is 2.40. The zero-order chi connectivity index (χ0) is 13.8. The second kappa shape index (κ2) is 5.50. The van der Waals surface area contributed by atoms with Crippen molar-refractivity contribution < 1.29 is 18.7 Å². The molecule has 0 unspecified atom stereocenters. The molecule has 0 saturated heterocycles. The highest BCUT2D eigenvalue weighted by Crippen LogP contribution is 2.21. The molecule has 1 aromatic rings. The molecular formula is C13H14FNO3. The summed E-state index contributed by atoms with van der Waals surface area (Å²) in [4.78, 5) is 11.4. The van der Waals surface area contributed by atoms with E-state index in [4.69, 9.17) is 10.00 Å². The lowest BCUT2D eigenvalue weighted by molar-refractivity contribution is -0.152. The highest BCUT2D eigenvalue weighted by molar-refractivity contribution is 5.75. The first-order valence-electron chi connectivity index (χ1n) is 5.31. The van der Waals surface area contributed by atoms with Gasteiger partial charge in [-0.15, -0.1) is 0 Å². The summed E-state index contributed by atoms with van der Waals surface area (Å²) in [6.07, 6.45) is 0. The minimum Gasteiger partial charge on any atom is -0.492 e. The van der Waals surface area contributed by atoms with Crippen molar-refractivity contribution >= 4 is 5.97 Å². The Hall–Kier alpha value is -2.09. The second-order valence-electron chi connectivity index (χ2n) is 4.42. The van der Waals surface area contributed by atoms with Crippen molar-refractivity contribution in [1.29, 1.82) is 5.26 Å². The van der Waals surface area contributed by atoms with E-state index >= 15 is 0 Å². The maximum atomic E-state index is 13.3. The number of carbonyl (C=O) groups excluding carboxylic acids is 1. The lowest BCUT2D eigenvalue weighted by Gasteiger charge is -2.21. The summed E-state index contributed by atoms with van der Waals surface area (Å²) >= 11 is 0. The van der Waals surface area contributed by atoms with Gasteiger partial charge < -0.3 is 9.47 Å². The van der Waals surface area contributed by atoms with Crippen molar-refractivity contribution in [3.8, 4) is 11.8 Å². The molecular weight excluding hydrogens is 237 g/mol. The standard InChI is InChI=1S/C13H14FNO3/c1-13(2,12(16)17-3)8-18-10-5-4-9(7-15)11(14)6-10/h4-6H,8H2,1-3H3. The van der Waals surface area contributed by atoms with Gasteiger partial charge in [-0.05, 0) is 26.0 Å². The van der Waals surface area contributed by atoms with E-state index in [2.05, 4.69) is 4.74 Å². The van der Waals surface area contributed by atoms with Gasteiger partial charge in [0.15, 0.2) is 0 Å². The van der Waals surface area contributed by atoms with Crippen LogP contribution in [-0.2, 0) is 9.53 Å². The first-order valence-corrected chi connectivity index (χ1v) is 5.31. The molecule has 0 spiro atoms. The number of esters is 1. The summed E-state index contributed by atoms with van der Waals surface area (Å²) in [5.74, 6) is -0.786. The maximum Gasteiger partial charge on any atom is 0.314 e. The van der Waals surface area contributed by atoms with E-state index in [-0.39, 0.29) is 17.9 Å². The van der Waals surface area contributed by atoms with Crippen LogP contribution in [0.15, 0.2) is 18.2 Å². The van der Waals surface area contributed by atoms with Crippen molar-refractivity contribution in [3.63, 3.8) is 0 Å². The number of rotatable bonds is 4. The molecule has 0 atom stereocenters. The van der Waals surface area contributed by atoms with Crippen LogP contribution in [0.25, 0.3) is 0 Å². The number of hydrogen-bond donors (Lipinski definition) is 0. The van der Waals surface area contributed by atoms with Crippen LogP contribution in [0.5, 0.6) is 5.75 Å². The first-order chi connectivity index (χ1) is 8.40. The van der Waals surface area contributed by atoms with Crippen molar-refractivity contribution in [1.82, 2.24) is 0 Å². The number of hydrogen-bond acceptors (Lipinski definition) is 4. The zero-order valence-electron chi connectivity index (χ0n) is 10.5. The van der Waals surface area contributed by atoms with Gasteiger partial charge in [0.2, 0.25) is 0 Å². The number of methoxy groups -OCH3 is 1. The van der Waals surface area contributed by atoms with Gasteiger partial charge in [0.05, 0.1) is 18.1 Å². The van der Waals surface area contributed by atoms with Crippen LogP contribution in [0.1, 0.15) is 19.4 Å². The largest absolute Gasteiger partial charge is 0.492 e. The Bertz CT molecular complexity index is 491. The fourth-order valence-electron chi connectivity index (χ4n) is 1.28. The Labute approximate surface area is 105 Å². The Morgan fingerprint density at radius 1 is 1.50 bits per heavy atom. The molecule has 0 amide bonds. The lowest BCUT2D eigenvalue weighted by atomic mass is 9.95. The molecule has 0 radical (unpaired) electrons. The van der Waals surface area contributed by atoms with E-state index in [9.17, 15) is 9.18 Å². The number of nitriles is 1. The summed E-state index contributed by atoms with van der Waals surface area (Å²) < 4.78 is 23.3. The summed E-state index contributed by atoms with van der Waals surface area (Å²) in [5, 5.41) is 8.58. The number of benzene rings is 1. The zero-order valence-corrected chi connectivity index (χ0v) is 10.5. The maximum absolute atomic E-state index is 13.3. The Morgan fingerprint density at radius 2 is 2.17 bits per heavy atom. The summed E-state index contributed by atoms with van der Waals surface area (Å²) in [7, 11) is 1.30. The Kier molecular flexibility index (Phi) is 4.27. The highest BCUT2D eigenvalue weighted by Gasteiger charge is 2.29. The minimum absolute atomic E-state index is 0.0467. The SMILES string of the molecule is COC(=O)C(C)(C)COc1ccc(C#N)c(F)c1. The Morgan fingerprint density at radius 3 is 2.67 bits per heavy atom. The van der Waals surface area contributed by atoms with Gasteiger partial charge in [0, 0.05) is 6.07 Å². The molecule has 1 aromatic carbocycles. The van der Waals surface area contributed by atoms with Crippen molar-refractivity contribution in [2.45, 2.75) is 13.8 Å². The number of halogens is 1. The number of nitrogens with zero attached hydrogens (tertiary/aromatic N) is 1. The average molecular weight is 251 g/mol. The molecule has 5 heteroatoms. The average Bonchev–Trinajstić information content (AvgIpc) is 2.35. The van der Waals surface area contributed by atoms with E-state index in [0.717, 1.165) is 6.07 Å². The molecule has 18 heavy (non-hydrogen) atoms. The fourth-order valence-corrected chi connectivity index (χ4v) is 1.28. The second-order valence-corrected chi connectivity index (χ2v) is 4.42. The summed E-state index contributed by atoms with van der Waals surface area (Å²) in [5.41, 5.74) is -0.867. The van der Waals surface area contributed by atoms with Crippen molar-refractivity contribution in [3.05, 3.63) is 29.6 Å². The third-order valence-corrected chi connectivity index (χ3v) is 2.40. The molecule has 0 heterocycles. The summed E-state index contributed by atoms with van der Waals surface area (Å²) in [6.45, 7) is 3.39. The lowest BCUT2D eigenvalue weighted by Crippen LogP contribution is -2.32. The molecule has 0 fully saturated rings. The van der Waals surface area contributed by atoms with Gasteiger partial charge in [-0.1, -0.05) is 0 Å². The number of ether oxygens (including phenoxy) is 2. The van der Waals surface area contributed by atoms with Crippen LogP contribution in [0.3, 0.4) is 0 Å². The quantitative estimate of drug-likeness (QED) is 0.770. The van der Waals surface area contributed by atoms with Crippen molar-refractivity contribution in [2.24, 2.45) is 5.41 Å². The molecule has 96 valence electrons. The third kappa shape index (κ3) is 3.20. The molecule has 0 bridgehead atoms. The van der Waals surface area contributed by atoms with Gasteiger partial charge in [0.1, 0.15) is 24.2 Å². The van der Waals surface area contributed by atoms with Gasteiger partial charge in [-0.25, -0.2) is 4.39 Å². The Balaban J connectivity index is 2.73. The minimum atomic E-state index is -0.820. The van der Waals surface area contributed by atoms with Gasteiger partial charge in [-0.3, -0.25) is 4.79 Å². The van der Waals surface area contributed by atoms with Gasteiger partial charge in [0.25, 0.3) is 0 Å². The topological polar surface area (TPSA) is 59.3 Å². The molecule has 4 nitrogen and oxygen atoms in total. The van der Waals surface area contributed by atoms with E-state index in [1.165, 1.54) is 19.2 Å². The van der Waals surface area contributed by atoms with Crippen molar-refractivity contribution in [2.75, 3.05) is 13.7 Å². The van der Waals surface area contributed by atoms with Crippen LogP contribution in [0.2, 0.25) is 0 Å². The van der Waals surface area contributed by atoms with Crippen LogP contribution >= 0.6 is 0 Å². The van der Waals surface area contributed by atoms with E-state index in [0.29, 0.717) is 0 Å². The highest BCUT2D eigenvalue weighted by atomic mass is 19.1. The molecule has 0 saturated carbocycles. The number of carbonyl (C=O) groups is 1. The first kappa shape index (κ1) is 14.0. The van der Waals surface area contributed by atoms with Crippen LogP contribution in [0.4, 0.5) is 4.39 Å². The van der Waals surface area contributed by atoms with Crippen LogP contribution in [0, 0.1) is 22.6 Å². The van der Waals surface area contributed by atoms with E-state index in [1.807, 2.05) is 0 Å². The van der Waals surface area contributed by atoms with Crippen LogP contribution < -0.4 is 4.74 Å². The van der Waals surface area contributed by atoms with Gasteiger partial charge >= 0.3 is 5.97 Å². The van der Waals surface area contributed by atoms with E-state index in [1.54, 1.807) is 19.9 Å².